The number of carbonyl (C=O) groups is 1. The standard InChI is InChI=1S/C21H24N2O3/c1-13-2-3-18-22-17(7-19(24)23(18)11-13)12-26-20(25)21-8-14-4-15(9-21)6-16(5-14)10-21/h2-3,7,11,14-16H,4-6,8-10,12H2,1H3. The van der Waals surface area contributed by atoms with E-state index < -0.39 is 0 Å². The van der Waals surface area contributed by atoms with Gasteiger partial charge in [0.1, 0.15) is 12.3 Å². The second-order valence-electron chi connectivity index (χ2n) is 8.79. The molecule has 26 heavy (non-hydrogen) atoms. The number of fused-ring (bicyclic) bond motifs is 1. The van der Waals surface area contributed by atoms with E-state index >= 15 is 0 Å². The van der Waals surface area contributed by atoms with Gasteiger partial charge >= 0.3 is 5.97 Å². The number of nitrogens with zero attached hydrogens (tertiary/aromatic N) is 2. The summed E-state index contributed by atoms with van der Waals surface area (Å²) in [6.45, 7) is 2.02. The third-order valence-electron chi connectivity index (χ3n) is 6.68. The van der Waals surface area contributed by atoms with E-state index in [4.69, 9.17) is 4.74 Å². The molecule has 2 aromatic heterocycles. The Bertz CT molecular complexity index is 911. The zero-order chi connectivity index (χ0) is 17.9. The predicted octanol–water partition coefficient (Wildman–Crippen LogP) is 3.26. The summed E-state index contributed by atoms with van der Waals surface area (Å²) in [5.74, 6) is 2.06. The average molecular weight is 352 g/mol. The first-order valence-electron chi connectivity index (χ1n) is 9.67. The van der Waals surface area contributed by atoms with Gasteiger partial charge in [0, 0.05) is 12.3 Å². The highest BCUT2D eigenvalue weighted by Crippen LogP contribution is 2.60. The van der Waals surface area contributed by atoms with E-state index in [0.717, 1.165) is 24.8 Å². The van der Waals surface area contributed by atoms with Crippen molar-refractivity contribution in [1.29, 1.82) is 0 Å². The molecule has 4 saturated carbocycles. The van der Waals surface area contributed by atoms with Crippen LogP contribution in [0.2, 0.25) is 0 Å². The van der Waals surface area contributed by atoms with E-state index in [2.05, 4.69) is 4.98 Å². The number of esters is 1. The van der Waals surface area contributed by atoms with E-state index in [1.165, 1.54) is 29.7 Å². The first kappa shape index (κ1) is 16.0. The molecule has 4 aliphatic carbocycles. The molecule has 136 valence electrons. The van der Waals surface area contributed by atoms with Crippen molar-refractivity contribution in [3.8, 4) is 0 Å². The van der Waals surface area contributed by atoms with Crippen LogP contribution in [0.4, 0.5) is 0 Å². The fraction of sp³-hybridized carbons (Fsp3) is 0.571. The highest BCUT2D eigenvalue weighted by Gasteiger charge is 2.55. The molecular weight excluding hydrogens is 328 g/mol. The lowest BCUT2D eigenvalue weighted by Crippen LogP contribution is -2.50. The number of aromatic nitrogens is 2. The Labute approximate surface area is 152 Å². The van der Waals surface area contributed by atoms with Gasteiger partial charge in [-0.2, -0.15) is 0 Å². The number of ether oxygens (including phenoxy) is 1. The van der Waals surface area contributed by atoms with Crippen molar-refractivity contribution in [2.24, 2.45) is 23.2 Å². The Morgan fingerprint density at radius 3 is 2.50 bits per heavy atom. The molecule has 0 amide bonds. The lowest BCUT2D eigenvalue weighted by atomic mass is 9.49. The number of pyridine rings is 1. The molecule has 5 nitrogen and oxygen atoms in total. The second-order valence-corrected chi connectivity index (χ2v) is 8.79. The molecule has 4 fully saturated rings. The maximum atomic E-state index is 12.9. The van der Waals surface area contributed by atoms with Crippen molar-refractivity contribution < 1.29 is 9.53 Å². The highest BCUT2D eigenvalue weighted by atomic mass is 16.5. The van der Waals surface area contributed by atoms with Crippen LogP contribution in [-0.2, 0) is 16.1 Å². The molecule has 0 radical (unpaired) electrons. The molecule has 0 unspecified atom stereocenters. The van der Waals surface area contributed by atoms with Gasteiger partial charge in [0.05, 0.1) is 11.1 Å². The van der Waals surface area contributed by atoms with Gasteiger partial charge in [-0.3, -0.25) is 14.0 Å². The Hall–Kier alpha value is -2.17. The summed E-state index contributed by atoms with van der Waals surface area (Å²) >= 11 is 0. The van der Waals surface area contributed by atoms with Crippen molar-refractivity contribution in [3.05, 3.63) is 46.0 Å². The quantitative estimate of drug-likeness (QED) is 0.796. The summed E-state index contributed by atoms with van der Waals surface area (Å²) in [6.07, 6.45) is 8.65. The zero-order valence-corrected chi connectivity index (χ0v) is 15.1. The van der Waals surface area contributed by atoms with Crippen LogP contribution in [0, 0.1) is 30.1 Å². The molecular formula is C21H24N2O3. The number of rotatable bonds is 3. The van der Waals surface area contributed by atoms with Gasteiger partial charge in [0.2, 0.25) is 0 Å². The molecule has 0 aromatic carbocycles. The average Bonchev–Trinajstić information content (AvgIpc) is 2.59. The minimum Gasteiger partial charge on any atom is -0.459 e. The summed E-state index contributed by atoms with van der Waals surface area (Å²) in [5, 5.41) is 0. The maximum Gasteiger partial charge on any atom is 0.312 e. The van der Waals surface area contributed by atoms with Gasteiger partial charge in [0.25, 0.3) is 5.56 Å². The summed E-state index contributed by atoms with van der Waals surface area (Å²) in [7, 11) is 0. The Kier molecular flexibility index (Phi) is 3.49. The van der Waals surface area contributed by atoms with Crippen LogP contribution in [0.15, 0.2) is 29.2 Å². The normalized spacial score (nSPS) is 32.1. The van der Waals surface area contributed by atoms with Crippen LogP contribution in [0.3, 0.4) is 0 Å². The third kappa shape index (κ3) is 2.56. The van der Waals surface area contributed by atoms with Gasteiger partial charge in [-0.05, 0) is 74.8 Å². The molecule has 0 N–H and O–H groups in total. The molecule has 0 aliphatic heterocycles. The topological polar surface area (TPSA) is 60.7 Å². The highest BCUT2D eigenvalue weighted by molar-refractivity contribution is 5.77. The summed E-state index contributed by atoms with van der Waals surface area (Å²) < 4.78 is 7.22. The van der Waals surface area contributed by atoms with E-state index in [0.29, 0.717) is 29.1 Å². The minimum atomic E-state index is -0.266. The number of carbonyl (C=O) groups excluding carboxylic acids is 1. The largest absolute Gasteiger partial charge is 0.459 e. The molecule has 0 spiro atoms. The SMILES string of the molecule is Cc1ccc2nc(COC(=O)C34CC5CC(CC(C5)C3)C4)cc(=O)n2c1. The van der Waals surface area contributed by atoms with Crippen LogP contribution >= 0.6 is 0 Å². The van der Waals surface area contributed by atoms with E-state index in [9.17, 15) is 9.59 Å². The van der Waals surface area contributed by atoms with E-state index in [-0.39, 0.29) is 23.6 Å². The lowest BCUT2D eigenvalue weighted by Gasteiger charge is -2.55. The van der Waals surface area contributed by atoms with Gasteiger partial charge in [0.15, 0.2) is 0 Å². The number of hydrogen-bond donors (Lipinski definition) is 0. The van der Waals surface area contributed by atoms with Crippen LogP contribution in [0.1, 0.15) is 49.8 Å². The molecule has 2 aromatic rings. The van der Waals surface area contributed by atoms with Crippen LogP contribution in [0.25, 0.3) is 5.65 Å². The maximum absolute atomic E-state index is 12.9. The fourth-order valence-electron chi connectivity index (χ4n) is 5.99. The van der Waals surface area contributed by atoms with Crippen LogP contribution in [-0.4, -0.2) is 15.4 Å². The molecule has 5 heteroatoms. The second kappa shape index (κ2) is 5.66. The Morgan fingerprint density at radius 2 is 1.85 bits per heavy atom. The summed E-state index contributed by atoms with van der Waals surface area (Å²) in [5.41, 5.74) is 1.71. The third-order valence-corrected chi connectivity index (χ3v) is 6.68. The monoisotopic (exact) mass is 352 g/mol. The molecule has 4 bridgehead atoms. The fourth-order valence-corrected chi connectivity index (χ4v) is 5.99. The molecule has 6 rings (SSSR count). The molecule has 4 aliphatic rings. The smallest absolute Gasteiger partial charge is 0.312 e. The molecule has 2 heterocycles. The van der Waals surface area contributed by atoms with Crippen molar-refractivity contribution in [2.75, 3.05) is 0 Å². The van der Waals surface area contributed by atoms with Gasteiger partial charge in [-0.25, -0.2) is 4.98 Å². The van der Waals surface area contributed by atoms with Crippen LogP contribution < -0.4 is 5.56 Å². The Morgan fingerprint density at radius 1 is 1.19 bits per heavy atom. The zero-order valence-electron chi connectivity index (χ0n) is 15.1. The summed E-state index contributed by atoms with van der Waals surface area (Å²) in [4.78, 5) is 29.7. The first-order chi connectivity index (χ1) is 12.5. The Balaban J connectivity index is 1.35. The van der Waals surface area contributed by atoms with Crippen molar-refractivity contribution in [2.45, 2.75) is 52.1 Å². The van der Waals surface area contributed by atoms with E-state index in [1.807, 2.05) is 19.1 Å². The van der Waals surface area contributed by atoms with Gasteiger partial charge in [-0.15, -0.1) is 0 Å². The van der Waals surface area contributed by atoms with Crippen molar-refractivity contribution >= 4 is 11.6 Å². The lowest BCUT2D eigenvalue weighted by molar-refractivity contribution is -0.173. The van der Waals surface area contributed by atoms with Crippen molar-refractivity contribution in [1.82, 2.24) is 9.38 Å². The van der Waals surface area contributed by atoms with Crippen molar-refractivity contribution in [3.63, 3.8) is 0 Å². The molecule has 0 atom stereocenters. The van der Waals surface area contributed by atoms with Gasteiger partial charge in [-0.1, -0.05) is 6.07 Å². The summed E-state index contributed by atoms with van der Waals surface area (Å²) in [6, 6.07) is 5.22. The number of aryl methyl sites for hydroxylation is 1. The van der Waals surface area contributed by atoms with E-state index in [1.54, 1.807) is 6.20 Å². The predicted molar refractivity (Wildman–Crippen MR) is 96.6 cm³/mol. The minimum absolute atomic E-state index is 0.0671. The molecule has 0 saturated heterocycles. The number of hydrogen-bond acceptors (Lipinski definition) is 4. The van der Waals surface area contributed by atoms with Crippen LogP contribution in [0.5, 0.6) is 0 Å². The van der Waals surface area contributed by atoms with Gasteiger partial charge < -0.3 is 4.74 Å². The first-order valence-corrected chi connectivity index (χ1v) is 9.67.